The average Bonchev–Trinajstić information content (AvgIpc) is 3.40. The Bertz CT molecular complexity index is 822. The highest BCUT2D eigenvalue weighted by molar-refractivity contribution is 7.80. The molecular formula is C22H28NPS. The molecule has 132 valence electrons. The molecule has 0 radical (unpaired) electrons. The van der Waals surface area contributed by atoms with E-state index in [2.05, 4.69) is 73.1 Å². The zero-order chi connectivity index (χ0) is 18.0. The number of benzene rings is 2. The van der Waals surface area contributed by atoms with Gasteiger partial charge in [-0.1, -0.05) is 81.0 Å². The Balaban J connectivity index is 1.74. The summed E-state index contributed by atoms with van der Waals surface area (Å²) in [5, 5.41) is 0. The summed E-state index contributed by atoms with van der Waals surface area (Å²) in [6.07, 6.45) is 6.70. The van der Waals surface area contributed by atoms with Gasteiger partial charge in [0.15, 0.2) is 0 Å². The van der Waals surface area contributed by atoms with Crippen molar-refractivity contribution in [1.82, 2.24) is 4.67 Å². The van der Waals surface area contributed by atoms with Crippen molar-refractivity contribution in [3.05, 3.63) is 70.8 Å². The van der Waals surface area contributed by atoms with Crippen LogP contribution in [0, 0.1) is 0 Å². The molecule has 2 atom stereocenters. The quantitative estimate of drug-likeness (QED) is 0.277. The number of nitrogens with zero attached hydrogens (tertiary/aromatic N) is 1. The summed E-state index contributed by atoms with van der Waals surface area (Å²) >= 11 is 5.31. The second-order valence-electron chi connectivity index (χ2n) is 7.55. The third-order valence-electron chi connectivity index (χ3n) is 5.04. The molecule has 1 aliphatic rings. The zero-order valence-corrected chi connectivity index (χ0v) is 17.2. The Morgan fingerprint density at radius 1 is 1.16 bits per heavy atom. The first-order valence-corrected chi connectivity index (χ1v) is 12.0. The predicted octanol–water partition coefficient (Wildman–Crippen LogP) is 5.43. The molecule has 0 aromatic heterocycles. The lowest BCUT2D eigenvalue weighted by molar-refractivity contribution is 0.831. The van der Waals surface area contributed by atoms with Gasteiger partial charge in [-0.05, 0) is 54.3 Å². The molecule has 1 heterocycles. The summed E-state index contributed by atoms with van der Waals surface area (Å²) in [6.45, 7) is 9.21. The van der Waals surface area contributed by atoms with E-state index >= 15 is 0 Å². The lowest BCUT2D eigenvalue weighted by atomic mass is 9.96. The normalized spacial score (nSPS) is 17.7. The van der Waals surface area contributed by atoms with Gasteiger partial charge < -0.3 is 0 Å². The fourth-order valence-corrected chi connectivity index (χ4v) is 6.29. The third kappa shape index (κ3) is 4.91. The largest absolute Gasteiger partial charge is 0.281 e. The maximum Gasteiger partial charge on any atom is 0.0193 e. The van der Waals surface area contributed by atoms with Gasteiger partial charge in [0, 0.05) is 18.0 Å². The van der Waals surface area contributed by atoms with Crippen molar-refractivity contribution in [2.75, 3.05) is 25.9 Å². The molecule has 1 aliphatic heterocycles. The number of hydrogen-bond donors (Lipinski definition) is 0. The van der Waals surface area contributed by atoms with Gasteiger partial charge in [-0.3, -0.25) is 4.67 Å². The molecule has 3 rings (SSSR count). The van der Waals surface area contributed by atoms with E-state index in [1.807, 2.05) is 6.92 Å². The monoisotopic (exact) mass is 369 g/mol. The van der Waals surface area contributed by atoms with Gasteiger partial charge in [0.1, 0.15) is 0 Å². The standard InChI is InChI=1S/C22H28NPS/c1-17(16-24(3,4)23-11-12-23)21-9-5-7-19(14-21)13-20-8-6-10-22(15-20)18(2)25/h5-10,14-15,17H,3,11-13,16H2,1-2,4H3. The van der Waals surface area contributed by atoms with Crippen LogP contribution in [0.15, 0.2) is 48.5 Å². The first kappa shape index (κ1) is 18.6. The number of rotatable bonds is 7. The van der Waals surface area contributed by atoms with Crippen molar-refractivity contribution in [3.8, 4) is 0 Å². The fraction of sp³-hybridized carbons (Fsp3) is 0.364. The van der Waals surface area contributed by atoms with E-state index in [0.29, 0.717) is 5.92 Å². The maximum atomic E-state index is 5.31. The van der Waals surface area contributed by atoms with Crippen LogP contribution in [0.2, 0.25) is 0 Å². The molecule has 0 N–H and O–H groups in total. The molecule has 2 aromatic rings. The van der Waals surface area contributed by atoms with Crippen LogP contribution >= 0.6 is 19.3 Å². The topological polar surface area (TPSA) is 3.01 Å². The highest BCUT2D eigenvalue weighted by atomic mass is 32.1. The molecule has 1 fully saturated rings. The van der Waals surface area contributed by atoms with Crippen LogP contribution in [-0.2, 0) is 6.42 Å². The van der Waals surface area contributed by atoms with Crippen LogP contribution in [0.4, 0.5) is 0 Å². The zero-order valence-electron chi connectivity index (χ0n) is 15.5. The van der Waals surface area contributed by atoms with Gasteiger partial charge in [-0.25, -0.2) is 0 Å². The fourth-order valence-electron chi connectivity index (χ4n) is 3.48. The van der Waals surface area contributed by atoms with Crippen molar-refractivity contribution in [2.24, 2.45) is 0 Å². The van der Waals surface area contributed by atoms with E-state index < -0.39 is 7.04 Å². The van der Waals surface area contributed by atoms with E-state index in [1.54, 1.807) is 0 Å². The molecular weight excluding hydrogens is 341 g/mol. The van der Waals surface area contributed by atoms with E-state index in [1.165, 1.54) is 35.9 Å². The Kier molecular flexibility index (Phi) is 5.63. The second kappa shape index (κ2) is 7.58. The highest BCUT2D eigenvalue weighted by Crippen LogP contribution is 2.52. The molecule has 1 saturated heterocycles. The molecule has 0 bridgehead atoms. The van der Waals surface area contributed by atoms with Crippen LogP contribution in [-0.4, -0.2) is 41.8 Å². The van der Waals surface area contributed by atoms with Gasteiger partial charge in [-0.2, -0.15) is 0 Å². The van der Waals surface area contributed by atoms with Crippen molar-refractivity contribution >= 4 is 30.4 Å². The molecule has 25 heavy (non-hydrogen) atoms. The summed E-state index contributed by atoms with van der Waals surface area (Å²) in [7, 11) is -1.16. The smallest absolute Gasteiger partial charge is 0.0193 e. The molecule has 0 spiro atoms. The Labute approximate surface area is 158 Å². The number of thiocarbonyl (C=S) groups is 1. The summed E-state index contributed by atoms with van der Waals surface area (Å²) in [4.78, 5) is 0.956. The minimum Gasteiger partial charge on any atom is -0.281 e. The Morgan fingerprint density at radius 2 is 1.80 bits per heavy atom. The van der Waals surface area contributed by atoms with Crippen LogP contribution in [0.5, 0.6) is 0 Å². The van der Waals surface area contributed by atoms with Crippen molar-refractivity contribution < 1.29 is 0 Å². The maximum absolute atomic E-state index is 5.31. The summed E-state index contributed by atoms with van der Waals surface area (Å²) in [5.74, 6) is 0.561. The minimum absolute atomic E-state index is 0.561. The molecule has 0 aliphatic carbocycles. The summed E-state index contributed by atoms with van der Waals surface area (Å²) < 4.78 is 2.56. The number of hydrogen-bond acceptors (Lipinski definition) is 2. The van der Waals surface area contributed by atoms with Crippen LogP contribution in [0.3, 0.4) is 0 Å². The first-order chi connectivity index (χ1) is 11.8. The van der Waals surface area contributed by atoms with Gasteiger partial charge in [0.05, 0.1) is 0 Å². The molecule has 3 heteroatoms. The average molecular weight is 370 g/mol. The van der Waals surface area contributed by atoms with Crippen LogP contribution in [0.25, 0.3) is 0 Å². The van der Waals surface area contributed by atoms with Crippen molar-refractivity contribution in [2.45, 2.75) is 26.2 Å². The van der Waals surface area contributed by atoms with Crippen LogP contribution < -0.4 is 0 Å². The third-order valence-corrected chi connectivity index (χ3v) is 8.37. The van der Waals surface area contributed by atoms with E-state index in [0.717, 1.165) is 16.8 Å². The van der Waals surface area contributed by atoms with Gasteiger partial charge in [0.25, 0.3) is 0 Å². The van der Waals surface area contributed by atoms with Gasteiger partial charge in [0.2, 0.25) is 0 Å². The first-order valence-electron chi connectivity index (χ1n) is 8.99. The lowest BCUT2D eigenvalue weighted by Gasteiger charge is -2.25. The van der Waals surface area contributed by atoms with E-state index in [9.17, 15) is 0 Å². The molecule has 2 unspecified atom stereocenters. The Morgan fingerprint density at radius 3 is 2.44 bits per heavy atom. The van der Waals surface area contributed by atoms with Crippen molar-refractivity contribution in [1.29, 1.82) is 0 Å². The lowest BCUT2D eigenvalue weighted by Crippen LogP contribution is -2.06. The molecule has 1 nitrogen and oxygen atoms in total. The highest BCUT2D eigenvalue weighted by Gasteiger charge is 2.29. The molecule has 0 saturated carbocycles. The van der Waals surface area contributed by atoms with E-state index in [4.69, 9.17) is 12.2 Å². The summed E-state index contributed by atoms with van der Waals surface area (Å²) in [5.41, 5.74) is 5.30. The van der Waals surface area contributed by atoms with Crippen molar-refractivity contribution in [3.63, 3.8) is 0 Å². The van der Waals surface area contributed by atoms with Gasteiger partial charge >= 0.3 is 0 Å². The second-order valence-corrected chi connectivity index (χ2v) is 11.8. The SMILES string of the molecule is C=P(C)(CC(C)c1cccc(Cc2cccc(C(C)=S)c2)c1)N1CC1. The molecule has 0 amide bonds. The molecule has 2 aromatic carbocycles. The minimum atomic E-state index is -1.16. The van der Waals surface area contributed by atoms with Gasteiger partial charge in [-0.15, -0.1) is 0 Å². The Hall–Kier alpha value is -1.21. The van der Waals surface area contributed by atoms with E-state index in [-0.39, 0.29) is 0 Å². The predicted molar refractivity (Wildman–Crippen MR) is 118 cm³/mol. The summed E-state index contributed by atoms with van der Waals surface area (Å²) in [6, 6.07) is 17.7. The van der Waals surface area contributed by atoms with Crippen LogP contribution in [0.1, 0.15) is 42.0 Å².